The number of hydrogen-bond donors (Lipinski definition) is 1. The second-order valence-corrected chi connectivity index (χ2v) is 16.7. The number of halogens is 2. The van der Waals surface area contributed by atoms with Crippen LogP contribution >= 0.6 is 23.2 Å². The molecule has 2 aromatic heterocycles. The number of fused-ring (bicyclic) bond motifs is 2. The molecule has 1 N–H and O–H groups in total. The van der Waals surface area contributed by atoms with E-state index in [-0.39, 0.29) is 18.0 Å². The predicted molar refractivity (Wildman–Crippen MR) is 180 cm³/mol. The number of carbonyl (C=O) groups is 2. The number of benzene rings is 3. The number of para-hydroxylation sites is 1. The van der Waals surface area contributed by atoms with Gasteiger partial charge in [0, 0.05) is 0 Å². The molecule has 229 valence electrons. The van der Waals surface area contributed by atoms with Crippen molar-refractivity contribution in [3.8, 4) is 11.3 Å². The molecule has 0 saturated heterocycles. The van der Waals surface area contributed by atoms with Gasteiger partial charge in [-0.1, -0.05) is 0 Å². The number of carbonyl (C=O) groups excluding carboxylic acids is 1. The van der Waals surface area contributed by atoms with Crippen LogP contribution in [0, 0.1) is 5.92 Å². The van der Waals surface area contributed by atoms with E-state index in [9.17, 15) is 23.1 Å². The summed E-state index contributed by atoms with van der Waals surface area (Å²) in [5.74, 6) is -0.811. The van der Waals surface area contributed by atoms with Crippen molar-refractivity contribution in [3.05, 3.63) is 112 Å². The Kier molecular flexibility index (Phi) is 8.95. The molecule has 11 heteroatoms. The summed E-state index contributed by atoms with van der Waals surface area (Å²) in [6.07, 6.45) is 4.91. The van der Waals surface area contributed by atoms with Crippen molar-refractivity contribution in [3.63, 3.8) is 0 Å². The molecule has 0 amide bonds. The van der Waals surface area contributed by atoms with Crippen LogP contribution in [0.3, 0.4) is 0 Å². The number of aliphatic carboxylic acids is 1. The summed E-state index contributed by atoms with van der Waals surface area (Å²) in [7, 11) is -3.96. The molecule has 2 heterocycles. The van der Waals surface area contributed by atoms with Crippen LogP contribution in [-0.4, -0.2) is 54.0 Å². The average Bonchev–Trinajstić information content (AvgIpc) is 3.42. The van der Waals surface area contributed by atoms with Crippen molar-refractivity contribution < 1.29 is 23.1 Å². The molecule has 6 rings (SSSR count). The van der Waals surface area contributed by atoms with Crippen LogP contribution in [0.1, 0.15) is 35.8 Å². The molecule has 0 aliphatic heterocycles. The Morgan fingerprint density at radius 3 is 2.42 bits per heavy atom. The second-order valence-electron chi connectivity index (χ2n) is 11.2. The van der Waals surface area contributed by atoms with E-state index in [4.69, 9.17) is 28.2 Å². The van der Waals surface area contributed by atoms with E-state index in [1.54, 1.807) is 66.7 Å². The monoisotopic (exact) mass is 721 g/mol. The summed E-state index contributed by atoms with van der Waals surface area (Å²) >= 11 is 11.3. The van der Waals surface area contributed by atoms with E-state index in [2.05, 4.69) is 0 Å². The third-order valence-electron chi connectivity index (χ3n) is 8.04. The normalized spacial score (nSPS) is 17.8. The van der Waals surface area contributed by atoms with Gasteiger partial charge in [0.2, 0.25) is 0 Å². The zero-order chi connectivity index (χ0) is 31.9. The van der Waals surface area contributed by atoms with Gasteiger partial charge >= 0.3 is 279 Å². The van der Waals surface area contributed by atoms with Gasteiger partial charge in [0.25, 0.3) is 0 Å². The number of pyridine rings is 1. The SMILES string of the molecule is CC1C=CC(S(=O)(=O)n2c(C(=O)[As][C@@H](Cc3ccc4nc(-c5c(Cl)cccc5Cl)ccc4c3)C(=O)O)cc3ccccc32)CC1. The third kappa shape index (κ3) is 6.34. The van der Waals surface area contributed by atoms with Crippen LogP contribution in [0.25, 0.3) is 33.1 Å². The van der Waals surface area contributed by atoms with Gasteiger partial charge in [-0.3, -0.25) is 0 Å². The fourth-order valence-corrected chi connectivity index (χ4v) is 10.3. The molecule has 0 saturated carbocycles. The number of rotatable bonds is 9. The van der Waals surface area contributed by atoms with Gasteiger partial charge in [-0.2, -0.15) is 0 Å². The molecule has 0 bridgehead atoms. The van der Waals surface area contributed by atoms with E-state index < -0.39 is 46.3 Å². The second kappa shape index (κ2) is 12.8. The molecule has 1 radical (unpaired) electrons. The molecule has 5 aromatic rings. The third-order valence-corrected chi connectivity index (χ3v) is 13.2. The minimum atomic E-state index is -3.96. The zero-order valence-corrected chi connectivity index (χ0v) is 28.3. The van der Waals surface area contributed by atoms with Crippen LogP contribution < -0.4 is 0 Å². The van der Waals surface area contributed by atoms with Crippen molar-refractivity contribution >= 4 is 81.3 Å². The van der Waals surface area contributed by atoms with Gasteiger partial charge in [-0.25, -0.2) is 0 Å². The van der Waals surface area contributed by atoms with E-state index in [1.807, 2.05) is 31.2 Å². The summed E-state index contributed by atoms with van der Waals surface area (Å²) in [6.45, 7) is 2.04. The van der Waals surface area contributed by atoms with Crippen molar-refractivity contribution in [2.45, 2.75) is 36.1 Å². The number of carboxylic acid groups (broad SMARTS) is 1. The van der Waals surface area contributed by atoms with Crippen LogP contribution in [0.4, 0.5) is 0 Å². The first-order valence-corrected chi connectivity index (χ1v) is 18.7. The molecule has 1 aliphatic rings. The number of allylic oxidation sites excluding steroid dienone is 1. The van der Waals surface area contributed by atoms with Crippen molar-refractivity contribution in [1.82, 2.24) is 8.96 Å². The van der Waals surface area contributed by atoms with Gasteiger partial charge in [0.05, 0.1) is 0 Å². The maximum absolute atomic E-state index is 13.9. The van der Waals surface area contributed by atoms with Crippen LogP contribution in [0.15, 0.2) is 91.0 Å². The van der Waals surface area contributed by atoms with Gasteiger partial charge < -0.3 is 0 Å². The molecular weight excluding hydrogens is 694 g/mol. The van der Waals surface area contributed by atoms with Gasteiger partial charge in [-0.05, 0) is 0 Å². The van der Waals surface area contributed by atoms with E-state index in [1.165, 1.54) is 0 Å². The summed E-state index contributed by atoms with van der Waals surface area (Å²) in [6, 6.07) is 22.9. The molecule has 7 nitrogen and oxygen atoms in total. The number of carboxylic acids is 1. The number of nitrogens with zero attached hydrogens (tertiary/aromatic N) is 2. The van der Waals surface area contributed by atoms with E-state index >= 15 is 0 Å². The topological polar surface area (TPSA) is 106 Å². The first kappa shape index (κ1) is 31.6. The number of aromatic nitrogens is 2. The van der Waals surface area contributed by atoms with Gasteiger partial charge in [0.1, 0.15) is 0 Å². The Balaban J connectivity index is 1.29. The fourth-order valence-electron chi connectivity index (χ4n) is 5.67. The van der Waals surface area contributed by atoms with Gasteiger partial charge in [0.15, 0.2) is 0 Å². The van der Waals surface area contributed by atoms with Crippen LogP contribution in [0.2, 0.25) is 14.8 Å². The van der Waals surface area contributed by atoms with Crippen LogP contribution in [0.5, 0.6) is 0 Å². The molecule has 3 atom stereocenters. The first-order valence-electron chi connectivity index (χ1n) is 14.4. The quantitative estimate of drug-likeness (QED) is 0.124. The van der Waals surface area contributed by atoms with E-state index in [0.29, 0.717) is 44.1 Å². The zero-order valence-electron chi connectivity index (χ0n) is 24.1. The molecule has 45 heavy (non-hydrogen) atoms. The first-order chi connectivity index (χ1) is 21.5. The summed E-state index contributed by atoms with van der Waals surface area (Å²) < 4.78 is 27.5. The molecule has 2 unspecified atom stereocenters. The van der Waals surface area contributed by atoms with Crippen LogP contribution in [-0.2, 0) is 21.2 Å². The molecular formula is C34H28AsCl2N2O5S. The fraction of sp³-hybridized carbons (Fsp3) is 0.206. The molecule has 0 fully saturated rings. The Bertz CT molecular complexity index is 2090. The standard InChI is InChI=1S/C34H28AsCl2N2O5S/c1-20-9-13-24(14-10-20)45(43,44)39-30-8-3-2-5-23(30)19-31(39)33(40)35-25(34(41)42)18-21-11-15-28-22(17-21)12-16-29(38-28)32-26(36)6-4-7-27(32)37/h2-9,11-13,15-17,19-20,24-25H,10,14,18H2,1H3,(H,41,42)/t20?,24?,25-/m0/s1. The Labute approximate surface area is 277 Å². The predicted octanol–water partition coefficient (Wildman–Crippen LogP) is 7.66. The summed E-state index contributed by atoms with van der Waals surface area (Å²) in [4.78, 5) is 30.9. The maximum atomic E-state index is 13.9. The van der Waals surface area contributed by atoms with Crippen molar-refractivity contribution in [2.24, 2.45) is 5.92 Å². The van der Waals surface area contributed by atoms with Crippen molar-refractivity contribution in [2.75, 3.05) is 0 Å². The van der Waals surface area contributed by atoms with E-state index in [0.717, 1.165) is 21.3 Å². The Morgan fingerprint density at radius 2 is 1.71 bits per heavy atom. The average molecular weight is 723 g/mol. The van der Waals surface area contributed by atoms with Crippen molar-refractivity contribution in [1.29, 1.82) is 0 Å². The number of hydrogen-bond acceptors (Lipinski definition) is 5. The van der Waals surface area contributed by atoms with Gasteiger partial charge in [-0.15, -0.1) is 0 Å². The molecule has 0 spiro atoms. The Hall–Kier alpha value is -3.42. The molecule has 3 aromatic carbocycles. The summed E-state index contributed by atoms with van der Waals surface area (Å²) in [5.41, 5.74) is 3.10. The summed E-state index contributed by atoms with van der Waals surface area (Å²) in [5, 5.41) is 11.8. The minimum absolute atomic E-state index is 0.0166. The Morgan fingerprint density at radius 1 is 0.956 bits per heavy atom. The molecule has 1 aliphatic carbocycles.